The molecule has 0 saturated heterocycles. The maximum absolute atomic E-state index is 4.28. The Morgan fingerprint density at radius 3 is 2.88 bits per heavy atom. The van der Waals surface area contributed by atoms with E-state index in [0.717, 1.165) is 19.6 Å². The fourth-order valence-corrected chi connectivity index (χ4v) is 2.69. The molecule has 0 bridgehead atoms. The highest BCUT2D eigenvalue weighted by atomic mass is 15.3. The molecular weight excluding hydrogens is 198 g/mol. The van der Waals surface area contributed by atoms with E-state index in [1.165, 1.54) is 31.4 Å². The summed E-state index contributed by atoms with van der Waals surface area (Å²) >= 11 is 0. The van der Waals surface area contributed by atoms with E-state index in [1.807, 2.05) is 6.20 Å². The number of aryl methyl sites for hydroxylation is 1. The maximum atomic E-state index is 4.28. The first-order valence-corrected chi connectivity index (χ1v) is 6.45. The Bertz CT molecular complexity index is 324. The van der Waals surface area contributed by atoms with E-state index in [1.54, 1.807) is 0 Å². The van der Waals surface area contributed by atoms with Gasteiger partial charge < -0.3 is 5.32 Å². The number of rotatable bonds is 5. The predicted molar refractivity (Wildman–Crippen MR) is 66.2 cm³/mol. The van der Waals surface area contributed by atoms with Crippen molar-refractivity contribution in [2.75, 3.05) is 6.54 Å². The topological polar surface area (TPSA) is 29.9 Å². The summed E-state index contributed by atoms with van der Waals surface area (Å²) in [5.74, 6) is 0. The molecule has 0 aromatic carbocycles. The minimum Gasteiger partial charge on any atom is -0.311 e. The quantitative estimate of drug-likeness (QED) is 0.828. The summed E-state index contributed by atoms with van der Waals surface area (Å²) in [7, 11) is 0. The second-order valence-electron chi connectivity index (χ2n) is 5.26. The summed E-state index contributed by atoms with van der Waals surface area (Å²) in [5, 5.41) is 7.86. The molecule has 16 heavy (non-hydrogen) atoms. The number of nitrogens with one attached hydrogen (secondary N) is 1. The number of hydrogen-bond donors (Lipinski definition) is 1. The van der Waals surface area contributed by atoms with E-state index in [2.05, 4.69) is 35.0 Å². The van der Waals surface area contributed by atoms with E-state index in [9.17, 15) is 0 Å². The van der Waals surface area contributed by atoms with Crippen LogP contribution in [0.4, 0.5) is 0 Å². The first-order chi connectivity index (χ1) is 7.73. The van der Waals surface area contributed by atoms with Gasteiger partial charge in [0, 0.05) is 25.8 Å². The van der Waals surface area contributed by atoms with Gasteiger partial charge in [0.05, 0.1) is 5.69 Å². The van der Waals surface area contributed by atoms with Crippen molar-refractivity contribution in [2.24, 2.45) is 5.41 Å². The Morgan fingerprint density at radius 1 is 1.44 bits per heavy atom. The molecule has 1 fully saturated rings. The Morgan fingerprint density at radius 2 is 2.19 bits per heavy atom. The number of hydrogen-bond acceptors (Lipinski definition) is 2. The summed E-state index contributed by atoms with van der Waals surface area (Å²) in [4.78, 5) is 0. The van der Waals surface area contributed by atoms with Crippen LogP contribution in [0.25, 0.3) is 0 Å². The molecule has 1 aromatic rings. The lowest BCUT2D eigenvalue weighted by Gasteiger charge is -2.23. The molecule has 1 aliphatic rings. The van der Waals surface area contributed by atoms with Gasteiger partial charge in [-0.1, -0.05) is 19.8 Å². The average molecular weight is 221 g/mol. The second kappa shape index (κ2) is 5.00. The minimum absolute atomic E-state index is 0.539. The SMILES string of the molecule is CCn1nccc1CNCC1(C)CCCC1. The molecule has 1 N–H and O–H groups in total. The van der Waals surface area contributed by atoms with Gasteiger partial charge in [-0.15, -0.1) is 0 Å². The zero-order chi connectivity index (χ0) is 11.4. The van der Waals surface area contributed by atoms with Crippen molar-refractivity contribution in [2.45, 2.75) is 52.6 Å². The molecule has 0 amide bonds. The zero-order valence-corrected chi connectivity index (χ0v) is 10.5. The Kier molecular flexibility index (Phi) is 3.64. The van der Waals surface area contributed by atoms with Crippen molar-refractivity contribution in [3.05, 3.63) is 18.0 Å². The molecule has 2 rings (SSSR count). The lowest BCUT2D eigenvalue weighted by atomic mass is 9.89. The Hall–Kier alpha value is -0.830. The van der Waals surface area contributed by atoms with Crippen molar-refractivity contribution < 1.29 is 0 Å². The molecular formula is C13H23N3. The molecule has 90 valence electrons. The van der Waals surface area contributed by atoms with Crippen LogP contribution in [0.3, 0.4) is 0 Å². The van der Waals surface area contributed by atoms with Crippen molar-refractivity contribution in [3.63, 3.8) is 0 Å². The Labute approximate surface area is 98.2 Å². The molecule has 0 atom stereocenters. The summed E-state index contributed by atoms with van der Waals surface area (Å²) in [5.41, 5.74) is 1.83. The van der Waals surface area contributed by atoms with Crippen molar-refractivity contribution in [1.29, 1.82) is 0 Å². The van der Waals surface area contributed by atoms with E-state index >= 15 is 0 Å². The van der Waals surface area contributed by atoms with Crippen LogP contribution in [-0.4, -0.2) is 16.3 Å². The third kappa shape index (κ3) is 2.64. The average Bonchev–Trinajstić information content (AvgIpc) is 2.88. The van der Waals surface area contributed by atoms with Gasteiger partial charge >= 0.3 is 0 Å². The third-order valence-corrected chi connectivity index (χ3v) is 3.77. The van der Waals surface area contributed by atoms with Gasteiger partial charge in [0.25, 0.3) is 0 Å². The fraction of sp³-hybridized carbons (Fsp3) is 0.769. The molecule has 0 aliphatic heterocycles. The van der Waals surface area contributed by atoms with E-state index in [-0.39, 0.29) is 0 Å². The fourth-order valence-electron chi connectivity index (χ4n) is 2.69. The largest absolute Gasteiger partial charge is 0.311 e. The molecule has 3 heteroatoms. The van der Waals surface area contributed by atoms with Crippen molar-refractivity contribution in [3.8, 4) is 0 Å². The van der Waals surface area contributed by atoms with E-state index in [0.29, 0.717) is 5.41 Å². The van der Waals surface area contributed by atoms with Gasteiger partial charge in [0.15, 0.2) is 0 Å². The molecule has 1 saturated carbocycles. The summed E-state index contributed by atoms with van der Waals surface area (Å²) in [6.07, 6.45) is 7.47. The van der Waals surface area contributed by atoms with Crippen molar-refractivity contribution >= 4 is 0 Å². The summed E-state index contributed by atoms with van der Waals surface area (Å²) in [6.45, 7) is 7.59. The molecule has 0 spiro atoms. The van der Waals surface area contributed by atoms with E-state index in [4.69, 9.17) is 0 Å². The van der Waals surface area contributed by atoms with Crippen molar-refractivity contribution in [1.82, 2.24) is 15.1 Å². The molecule has 0 radical (unpaired) electrons. The van der Waals surface area contributed by atoms with Gasteiger partial charge in [-0.2, -0.15) is 5.10 Å². The summed E-state index contributed by atoms with van der Waals surface area (Å²) in [6, 6.07) is 2.10. The van der Waals surface area contributed by atoms with Crippen LogP contribution in [0.15, 0.2) is 12.3 Å². The van der Waals surface area contributed by atoms with Crippen LogP contribution < -0.4 is 5.32 Å². The summed E-state index contributed by atoms with van der Waals surface area (Å²) < 4.78 is 2.06. The third-order valence-electron chi connectivity index (χ3n) is 3.77. The van der Waals surface area contributed by atoms with Gasteiger partial charge in [-0.05, 0) is 31.2 Å². The Balaban J connectivity index is 1.79. The van der Waals surface area contributed by atoms with Crippen LogP contribution in [-0.2, 0) is 13.1 Å². The first-order valence-electron chi connectivity index (χ1n) is 6.45. The van der Waals surface area contributed by atoms with Crippen LogP contribution in [0.5, 0.6) is 0 Å². The lowest BCUT2D eigenvalue weighted by molar-refractivity contribution is 0.313. The van der Waals surface area contributed by atoms with Gasteiger partial charge in [0.1, 0.15) is 0 Å². The highest BCUT2D eigenvalue weighted by molar-refractivity contribution is 5.00. The smallest absolute Gasteiger partial charge is 0.0521 e. The minimum atomic E-state index is 0.539. The van der Waals surface area contributed by atoms with Gasteiger partial charge in [-0.3, -0.25) is 4.68 Å². The lowest BCUT2D eigenvalue weighted by Crippen LogP contribution is -2.29. The molecule has 1 aliphatic carbocycles. The van der Waals surface area contributed by atoms with Crippen LogP contribution in [0.2, 0.25) is 0 Å². The molecule has 1 aromatic heterocycles. The normalized spacial score (nSPS) is 19.1. The molecule has 1 heterocycles. The van der Waals surface area contributed by atoms with Crippen LogP contribution in [0.1, 0.15) is 45.2 Å². The molecule has 0 unspecified atom stereocenters. The van der Waals surface area contributed by atoms with Crippen LogP contribution in [0, 0.1) is 5.41 Å². The maximum Gasteiger partial charge on any atom is 0.0521 e. The van der Waals surface area contributed by atoms with Crippen LogP contribution >= 0.6 is 0 Å². The monoisotopic (exact) mass is 221 g/mol. The van der Waals surface area contributed by atoms with Gasteiger partial charge in [-0.25, -0.2) is 0 Å². The highest BCUT2D eigenvalue weighted by Gasteiger charge is 2.27. The second-order valence-corrected chi connectivity index (χ2v) is 5.26. The number of aromatic nitrogens is 2. The number of nitrogens with zero attached hydrogens (tertiary/aromatic N) is 2. The zero-order valence-electron chi connectivity index (χ0n) is 10.5. The standard InChI is InChI=1S/C13H23N3/c1-3-16-12(6-9-15-16)10-14-11-13(2)7-4-5-8-13/h6,9,14H,3-5,7-8,10-11H2,1-2H3. The first kappa shape index (κ1) is 11.6. The highest BCUT2D eigenvalue weighted by Crippen LogP contribution is 2.36. The van der Waals surface area contributed by atoms with Gasteiger partial charge in [0.2, 0.25) is 0 Å². The predicted octanol–water partition coefficient (Wildman–Crippen LogP) is 2.57. The molecule has 3 nitrogen and oxygen atoms in total. The van der Waals surface area contributed by atoms with E-state index < -0.39 is 0 Å².